The normalized spacial score (nSPS) is 15.9. The Morgan fingerprint density at radius 3 is 2.35 bits per heavy atom. The third kappa shape index (κ3) is 3.50. The van der Waals surface area contributed by atoms with Crippen LogP contribution in [0.2, 0.25) is 0 Å². The van der Waals surface area contributed by atoms with E-state index in [0.717, 1.165) is 44.0 Å². The number of aryl methyl sites for hydroxylation is 2. The summed E-state index contributed by atoms with van der Waals surface area (Å²) in [6.45, 7) is 11.8. The number of nitrogens with two attached hydrogens (primary N) is 1. The minimum Gasteiger partial charge on any atom is -0.399 e. The zero-order chi connectivity index (χ0) is 16.4. The van der Waals surface area contributed by atoms with Gasteiger partial charge in [-0.05, 0) is 55.2 Å². The minimum atomic E-state index is 0.900. The first-order valence-electron chi connectivity index (χ1n) is 8.43. The molecule has 2 aromatic rings. The molecule has 0 aliphatic carbocycles. The zero-order valence-corrected chi connectivity index (χ0v) is 14.5. The molecule has 2 N–H and O–H groups in total. The molecule has 3 heteroatoms. The Morgan fingerprint density at radius 1 is 0.913 bits per heavy atom. The van der Waals surface area contributed by atoms with Crippen molar-refractivity contribution in [1.29, 1.82) is 0 Å². The molecular weight excluding hydrogens is 282 g/mol. The average molecular weight is 309 g/mol. The number of rotatable bonds is 3. The summed E-state index contributed by atoms with van der Waals surface area (Å²) < 4.78 is 0. The van der Waals surface area contributed by atoms with Crippen molar-refractivity contribution in [2.24, 2.45) is 0 Å². The maximum Gasteiger partial charge on any atom is 0.0399 e. The van der Waals surface area contributed by atoms with Gasteiger partial charge in [-0.25, -0.2) is 0 Å². The summed E-state index contributed by atoms with van der Waals surface area (Å²) in [7, 11) is 0. The van der Waals surface area contributed by atoms with Crippen LogP contribution in [0.3, 0.4) is 0 Å². The standard InChI is InChI=1S/C20H27N3/c1-15-5-4-6-20(17(15)3)23-11-9-22(10-12-23)14-18-8-7-16(2)19(21)13-18/h4-8,13H,9-12,14,21H2,1-3H3. The van der Waals surface area contributed by atoms with Crippen LogP contribution in [0.4, 0.5) is 11.4 Å². The van der Waals surface area contributed by atoms with Gasteiger partial charge in [0.05, 0.1) is 0 Å². The molecule has 0 radical (unpaired) electrons. The molecule has 1 heterocycles. The van der Waals surface area contributed by atoms with E-state index in [2.05, 4.69) is 67.0 Å². The number of benzene rings is 2. The van der Waals surface area contributed by atoms with Crippen molar-refractivity contribution in [3.63, 3.8) is 0 Å². The summed E-state index contributed by atoms with van der Waals surface area (Å²) in [6, 6.07) is 13.0. The van der Waals surface area contributed by atoms with Gasteiger partial charge in [0.15, 0.2) is 0 Å². The highest BCUT2D eigenvalue weighted by Gasteiger charge is 2.18. The number of hydrogen-bond donors (Lipinski definition) is 1. The van der Waals surface area contributed by atoms with Crippen LogP contribution in [0.1, 0.15) is 22.3 Å². The molecular formula is C20H27N3. The fourth-order valence-electron chi connectivity index (χ4n) is 3.27. The Kier molecular flexibility index (Phi) is 4.58. The van der Waals surface area contributed by atoms with E-state index in [1.807, 2.05) is 0 Å². The quantitative estimate of drug-likeness (QED) is 0.881. The van der Waals surface area contributed by atoms with Crippen LogP contribution in [0.25, 0.3) is 0 Å². The van der Waals surface area contributed by atoms with Crippen LogP contribution >= 0.6 is 0 Å². The lowest BCUT2D eigenvalue weighted by molar-refractivity contribution is 0.250. The Labute approximate surface area is 139 Å². The van der Waals surface area contributed by atoms with Crippen LogP contribution in [0, 0.1) is 20.8 Å². The van der Waals surface area contributed by atoms with Crippen LogP contribution in [0.15, 0.2) is 36.4 Å². The zero-order valence-electron chi connectivity index (χ0n) is 14.5. The van der Waals surface area contributed by atoms with E-state index in [1.54, 1.807) is 0 Å². The Morgan fingerprint density at radius 2 is 1.65 bits per heavy atom. The summed E-state index contributed by atoms with van der Waals surface area (Å²) in [6.07, 6.45) is 0. The van der Waals surface area contributed by atoms with Gasteiger partial charge in [0.25, 0.3) is 0 Å². The fraction of sp³-hybridized carbons (Fsp3) is 0.400. The van der Waals surface area contributed by atoms with E-state index in [0.29, 0.717) is 0 Å². The molecule has 1 saturated heterocycles. The first kappa shape index (κ1) is 15.9. The van der Waals surface area contributed by atoms with Crippen molar-refractivity contribution in [3.05, 3.63) is 58.7 Å². The minimum absolute atomic E-state index is 0.900. The number of nitrogen functional groups attached to an aromatic ring is 1. The summed E-state index contributed by atoms with van der Waals surface area (Å²) in [4.78, 5) is 5.04. The smallest absolute Gasteiger partial charge is 0.0399 e. The molecule has 3 rings (SSSR count). The topological polar surface area (TPSA) is 32.5 Å². The molecule has 0 bridgehead atoms. The number of nitrogens with zero attached hydrogens (tertiary/aromatic N) is 2. The van der Waals surface area contributed by atoms with Crippen molar-refractivity contribution in [1.82, 2.24) is 4.90 Å². The van der Waals surface area contributed by atoms with Crippen molar-refractivity contribution < 1.29 is 0 Å². The Hall–Kier alpha value is -2.00. The monoisotopic (exact) mass is 309 g/mol. The molecule has 1 fully saturated rings. The SMILES string of the molecule is Cc1ccc(CN2CCN(c3cccc(C)c3C)CC2)cc1N. The van der Waals surface area contributed by atoms with Crippen molar-refractivity contribution >= 4 is 11.4 Å². The van der Waals surface area contributed by atoms with Gasteiger partial charge in [0.1, 0.15) is 0 Å². The first-order chi connectivity index (χ1) is 11.0. The first-order valence-corrected chi connectivity index (χ1v) is 8.43. The van der Waals surface area contributed by atoms with E-state index in [4.69, 9.17) is 5.73 Å². The van der Waals surface area contributed by atoms with E-state index in [9.17, 15) is 0 Å². The lowest BCUT2D eigenvalue weighted by Crippen LogP contribution is -2.46. The Balaban J connectivity index is 1.62. The molecule has 0 unspecified atom stereocenters. The van der Waals surface area contributed by atoms with Gasteiger partial charge in [0.2, 0.25) is 0 Å². The molecule has 1 aliphatic rings. The summed E-state index contributed by atoms with van der Waals surface area (Å²) >= 11 is 0. The van der Waals surface area contributed by atoms with Gasteiger partial charge in [-0.3, -0.25) is 4.90 Å². The second-order valence-corrected chi connectivity index (χ2v) is 6.67. The lowest BCUT2D eigenvalue weighted by Gasteiger charge is -2.37. The van der Waals surface area contributed by atoms with E-state index < -0.39 is 0 Å². The maximum absolute atomic E-state index is 6.03. The molecule has 0 spiro atoms. The predicted molar refractivity (Wildman–Crippen MR) is 99.0 cm³/mol. The molecule has 2 aromatic carbocycles. The highest BCUT2D eigenvalue weighted by atomic mass is 15.3. The third-order valence-electron chi connectivity index (χ3n) is 5.04. The highest BCUT2D eigenvalue weighted by molar-refractivity contribution is 5.56. The summed E-state index contributed by atoms with van der Waals surface area (Å²) in [5, 5.41) is 0. The van der Waals surface area contributed by atoms with Crippen molar-refractivity contribution in [3.8, 4) is 0 Å². The largest absolute Gasteiger partial charge is 0.399 e. The van der Waals surface area contributed by atoms with Gasteiger partial charge in [-0.15, -0.1) is 0 Å². The van der Waals surface area contributed by atoms with E-state index >= 15 is 0 Å². The second-order valence-electron chi connectivity index (χ2n) is 6.67. The van der Waals surface area contributed by atoms with Gasteiger partial charge in [0, 0.05) is 44.1 Å². The lowest BCUT2D eigenvalue weighted by atomic mass is 10.1. The van der Waals surface area contributed by atoms with Gasteiger partial charge in [-0.1, -0.05) is 24.3 Å². The van der Waals surface area contributed by atoms with Crippen LogP contribution in [-0.4, -0.2) is 31.1 Å². The average Bonchev–Trinajstić information content (AvgIpc) is 2.55. The third-order valence-corrected chi connectivity index (χ3v) is 5.04. The molecule has 3 nitrogen and oxygen atoms in total. The van der Waals surface area contributed by atoms with E-state index in [-0.39, 0.29) is 0 Å². The Bertz CT molecular complexity index is 685. The van der Waals surface area contributed by atoms with Gasteiger partial charge in [-0.2, -0.15) is 0 Å². The molecule has 0 saturated carbocycles. The molecule has 0 atom stereocenters. The molecule has 0 amide bonds. The number of piperazine rings is 1. The fourth-order valence-corrected chi connectivity index (χ4v) is 3.27. The summed E-state index contributed by atoms with van der Waals surface area (Å²) in [5.41, 5.74) is 13.6. The summed E-state index contributed by atoms with van der Waals surface area (Å²) in [5.74, 6) is 0. The predicted octanol–water partition coefficient (Wildman–Crippen LogP) is 3.52. The maximum atomic E-state index is 6.03. The number of hydrogen-bond acceptors (Lipinski definition) is 3. The number of anilines is 2. The van der Waals surface area contributed by atoms with Crippen LogP contribution < -0.4 is 10.6 Å². The molecule has 1 aliphatic heterocycles. The van der Waals surface area contributed by atoms with Gasteiger partial charge >= 0.3 is 0 Å². The second kappa shape index (κ2) is 6.63. The van der Waals surface area contributed by atoms with E-state index in [1.165, 1.54) is 22.4 Å². The molecule has 122 valence electrons. The van der Waals surface area contributed by atoms with Crippen molar-refractivity contribution in [2.45, 2.75) is 27.3 Å². The molecule has 0 aromatic heterocycles. The van der Waals surface area contributed by atoms with Crippen LogP contribution in [0.5, 0.6) is 0 Å². The van der Waals surface area contributed by atoms with Crippen LogP contribution in [-0.2, 0) is 6.54 Å². The van der Waals surface area contributed by atoms with Crippen molar-refractivity contribution in [2.75, 3.05) is 36.8 Å². The van der Waals surface area contributed by atoms with Gasteiger partial charge < -0.3 is 10.6 Å². The molecule has 23 heavy (non-hydrogen) atoms. The highest BCUT2D eigenvalue weighted by Crippen LogP contribution is 2.24.